The van der Waals surface area contributed by atoms with Crippen LogP contribution < -0.4 is 0 Å². The molecule has 1 heterocycles. The predicted octanol–water partition coefficient (Wildman–Crippen LogP) is 4.87. The van der Waals surface area contributed by atoms with Gasteiger partial charge in [-0.3, -0.25) is 0 Å². The number of hydrogen-bond donors (Lipinski definition) is 0. The summed E-state index contributed by atoms with van der Waals surface area (Å²) in [6, 6.07) is 15.5. The van der Waals surface area contributed by atoms with Crippen LogP contribution in [0.1, 0.15) is 17.0 Å². The van der Waals surface area contributed by atoms with E-state index in [-0.39, 0.29) is 0 Å². The van der Waals surface area contributed by atoms with Crippen LogP contribution in [0.4, 0.5) is 0 Å². The lowest BCUT2D eigenvalue weighted by Crippen LogP contribution is -1.76. The van der Waals surface area contributed by atoms with Crippen molar-refractivity contribution in [2.75, 3.05) is 0 Å². The zero-order valence-electron chi connectivity index (χ0n) is 11.5. The van der Waals surface area contributed by atoms with Gasteiger partial charge in [-0.15, -0.1) is 10.2 Å². The molecule has 0 unspecified atom stereocenters. The van der Waals surface area contributed by atoms with Crippen LogP contribution in [0.15, 0.2) is 52.9 Å². The lowest BCUT2D eigenvalue weighted by atomic mass is 10.1. The van der Waals surface area contributed by atoms with Crippen molar-refractivity contribution in [3.8, 4) is 11.5 Å². The maximum atomic E-state index is 5.86. The van der Waals surface area contributed by atoms with Crippen LogP contribution in [0.25, 0.3) is 23.6 Å². The van der Waals surface area contributed by atoms with E-state index < -0.39 is 0 Å². The zero-order chi connectivity index (χ0) is 14.7. The van der Waals surface area contributed by atoms with Crippen molar-refractivity contribution in [1.82, 2.24) is 10.2 Å². The average Bonchev–Trinajstić information content (AvgIpc) is 2.96. The molecule has 0 bridgehead atoms. The van der Waals surface area contributed by atoms with Gasteiger partial charge in [0.05, 0.1) is 0 Å². The monoisotopic (exact) mass is 296 g/mol. The van der Waals surface area contributed by atoms with Gasteiger partial charge in [0.1, 0.15) is 0 Å². The Morgan fingerprint density at radius 1 is 0.905 bits per heavy atom. The van der Waals surface area contributed by atoms with Gasteiger partial charge in [0.25, 0.3) is 0 Å². The molecule has 0 atom stereocenters. The topological polar surface area (TPSA) is 38.9 Å². The molecule has 104 valence electrons. The highest BCUT2D eigenvalue weighted by Gasteiger charge is 2.06. The Morgan fingerprint density at radius 2 is 1.62 bits per heavy atom. The van der Waals surface area contributed by atoms with E-state index in [9.17, 15) is 0 Å². The molecule has 3 nitrogen and oxygen atoms in total. The smallest absolute Gasteiger partial charge is 0.248 e. The Balaban J connectivity index is 1.78. The van der Waals surface area contributed by atoms with Crippen molar-refractivity contribution >= 4 is 23.8 Å². The highest BCUT2D eigenvalue weighted by atomic mass is 35.5. The summed E-state index contributed by atoms with van der Waals surface area (Å²) >= 11 is 5.86. The van der Waals surface area contributed by atoms with Crippen LogP contribution in [0.2, 0.25) is 5.02 Å². The van der Waals surface area contributed by atoms with E-state index >= 15 is 0 Å². The second-order valence-electron chi connectivity index (χ2n) is 4.70. The first-order valence-electron chi connectivity index (χ1n) is 6.55. The lowest BCUT2D eigenvalue weighted by Gasteiger charge is -1.94. The normalized spacial score (nSPS) is 11.1. The molecule has 0 aliphatic heterocycles. The summed E-state index contributed by atoms with van der Waals surface area (Å²) in [4.78, 5) is 0. The Hall–Kier alpha value is -2.39. The fourth-order valence-corrected chi connectivity index (χ4v) is 1.98. The van der Waals surface area contributed by atoms with Gasteiger partial charge in [-0.05, 0) is 42.8 Å². The molecule has 0 aliphatic rings. The molecule has 0 aliphatic carbocycles. The van der Waals surface area contributed by atoms with E-state index in [0.717, 1.165) is 11.1 Å². The maximum absolute atomic E-state index is 5.86. The summed E-state index contributed by atoms with van der Waals surface area (Å²) in [7, 11) is 0. The van der Waals surface area contributed by atoms with Crippen LogP contribution in [-0.4, -0.2) is 10.2 Å². The van der Waals surface area contributed by atoms with Crippen molar-refractivity contribution in [3.05, 3.63) is 70.6 Å². The fraction of sp³-hybridized carbons (Fsp3) is 0.0588. The SMILES string of the molecule is Cc1ccc(/C=C/c2nnc(-c3ccc(Cl)cc3)o2)cc1. The fourth-order valence-electron chi connectivity index (χ4n) is 1.86. The van der Waals surface area contributed by atoms with E-state index in [4.69, 9.17) is 16.0 Å². The number of hydrogen-bond acceptors (Lipinski definition) is 3. The van der Waals surface area contributed by atoms with Crippen LogP contribution in [0.5, 0.6) is 0 Å². The quantitative estimate of drug-likeness (QED) is 0.692. The molecule has 0 saturated heterocycles. The largest absolute Gasteiger partial charge is 0.417 e. The third-order valence-corrected chi connectivity index (χ3v) is 3.28. The molecule has 1 aromatic heterocycles. The standard InChI is InChI=1S/C17H13ClN2O/c1-12-2-4-13(5-3-12)6-11-16-19-20-17(21-16)14-7-9-15(18)10-8-14/h2-11H,1H3/b11-6+. The molecule has 2 aromatic carbocycles. The molecule has 0 fully saturated rings. The average molecular weight is 297 g/mol. The lowest BCUT2D eigenvalue weighted by molar-refractivity contribution is 0.558. The van der Waals surface area contributed by atoms with Crippen molar-refractivity contribution in [2.24, 2.45) is 0 Å². The van der Waals surface area contributed by atoms with E-state index in [2.05, 4.69) is 29.3 Å². The van der Waals surface area contributed by atoms with Crippen LogP contribution >= 0.6 is 11.6 Å². The van der Waals surface area contributed by atoms with E-state index in [1.807, 2.05) is 30.3 Å². The Morgan fingerprint density at radius 3 is 2.33 bits per heavy atom. The summed E-state index contributed by atoms with van der Waals surface area (Å²) in [5.41, 5.74) is 3.17. The number of nitrogens with zero attached hydrogens (tertiary/aromatic N) is 2. The van der Waals surface area contributed by atoms with Crippen LogP contribution in [0.3, 0.4) is 0 Å². The first kappa shape index (κ1) is 13.6. The molecule has 0 radical (unpaired) electrons. The van der Waals surface area contributed by atoms with Crippen molar-refractivity contribution < 1.29 is 4.42 Å². The number of halogens is 1. The van der Waals surface area contributed by atoms with E-state index in [0.29, 0.717) is 16.8 Å². The van der Waals surface area contributed by atoms with Crippen molar-refractivity contribution in [1.29, 1.82) is 0 Å². The van der Waals surface area contributed by atoms with Gasteiger partial charge < -0.3 is 4.42 Å². The number of rotatable bonds is 3. The van der Waals surface area contributed by atoms with Gasteiger partial charge >= 0.3 is 0 Å². The third-order valence-electron chi connectivity index (χ3n) is 3.03. The number of aryl methyl sites for hydroxylation is 1. The van der Waals surface area contributed by atoms with Crippen LogP contribution in [-0.2, 0) is 0 Å². The predicted molar refractivity (Wildman–Crippen MR) is 84.9 cm³/mol. The summed E-state index contributed by atoms with van der Waals surface area (Å²) in [5, 5.41) is 8.72. The van der Waals surface area contributed by atoms with Crippen molar-refractivity contribution in [2.45, 2.75) is 6.92 Å². The summed E-state index contributed by atoms with van der Waals surface area (Å²) in [6.07, 6.45) is 3.75. The highest BCUT2D eigenvalue weighted by Crippen LogP contribution is 2.20. The minimum absolute atomic E-state index is 0.473. The molecule has 0 amide bonds. The first-order chi connectivity index (χ1) is 10.2. The van der Waals surface area contributed by atoms with Crippen LogP contribution in [0, 0.1) is 6.92 Å². The first-order valence-corrected chi connectivity index (χ1v) is 6.93. The summed E-state index contributed by atoms with van der Waals surface area (Å²) < 4.78 is 5.60. The summed E-state index contributed by atoms with van der Waals surface area (Å²) in [6.45, 7) is 2.06. The minimum Gasteiger partial charge on any atom is -0.417 e. The molecule has 4 heteroatoms. The summed E-state index contributed by atoms with van der Waals surface area (Å²) in [5.74, 6) is 0.954. The molecule has 3 aromatic rings. The minimum atomic E-state index is 0.473. The Labute approximate surface area is 127 Å². The molecule has 21 heavy (non-hydrogen) atoms. The van der Waals surface area contributed by atoms with Crippen molar-refractivity contribution in [3.63, 3.8) is 0 Å². The van der Waals surface area contributed by atoms with Gasteiger partial charge in [0, 0.05) is 16.7 Å². The highest BCUT2D eigenvalue weighted by molar-refractivity contribution is 6.30. The Kier molecular flexibility index (Phi) is 3.84. The third kappa shape index (κ3) is 3.38. The van der Waals surface area contributed by atoms with Gasteiger partial charge in [0.15, 0.2) is 0 Å². The molecule has 0 spiro atoms. The van der Waals surface area contributed by atoms with Gasteiger partial charge in [-0.25, -0.2) is 0 Å². The molecule has 0 saturated carbocycles. The van der Waals surface area contributed by atoms with Gasteiger partial charge in [-0.1, -0.05) is 41.4 Å². The Bertz CT molecular complexity index is 758. The van der Waals surface area contributed by atoms with Gasteiger partial charge in [-0.2, -0.15) is 0 Å². The number of aromatic nitrogens is 2. The molecular formula is C17H13ClN2O. The van der Waals surface area contributed by atoms with E-state index in [1.165, 1.54) is 5.56 Å². The molecular weight excluding hydrogens is 284 g/mol. The second-order valence-corrected chi connectivity index (χ2v) is 5.13. The van der Waals surface area contributed by atoms with E-state index in [1.54, 1.807) is 18.2 Å². The number of benzene rings is 2. The molecule has 0 N–H and O–H groups in total. The molecule has 3 rings (SSSR count). The maximum Gasteiger partial charge on any atom is 0.248 e. The van der Waals surface area contributed by atoms with Gasteiger partial charge in [0.2, 0.25) is 11.8 Å². The zero-order valence-corrected chi connectivity index (χ0v) is 12.2. The second kappa shape index (κ2) is 5.94.